The Kier molecular flexibility index (Phi) is 11.0. The van der Waals surface area contributed by atoms with E-state index in [1.54, 1.807) is 23.1 Å². The maximum atomic E-state index is 13.6. The Balaban J connectivity index is 1.76. The van der Waals surface area contributed by atoms with Crippen molar-refractivity contribution in [3.05, 3.63) is 64.7 Å². The van der Waals surface area contributed by atoms with E-state index in [-0.39, 0.29) is 37.4 Å². The summed E-state index contributed by atoms with van der Waals surface area (Å²) in [4.78, 5) is 28.6. The zero-order chi connectivity index (χ0) is 27.7. The molecule has 3 rings (SSSR count). The largest absolute Gasteiger partial charge is 0.352 e. The molecule has 2 aromatic carbocycles. The maximum absolute atomic E-state index is 13.6. The summed E-state index contributed by atoms with van der Waals surface area (Å²) in [5.41, 5.74) is 2.37. The van der Waals surface area contributed by atoms with Gasteiger partial charge in [0.15, 0.2) is 0 Å². The summed E-state index contributed by atoms with van der Waals surface area (Å²) in [5.74, 6) is -0.342. The second-order valence-electron chi connectivity index (χ2n) is 10.2. The summed E-state index contributed by atoms with van der Waals surface area (Å²) in [5, 5.41) is 3.71. The molecule has 2 amide bonds. The van der Waals surface area contributed by atoms with Crippen LogP contribution in [0.1, 0.15) is 69.4 Å². The summed E-state index contributed by atoms with van der Waals surface area (Å²) < 4.78 is 26.3. The smallest absolute Gasteiger partial charge is 0.243 e. The van der Waals surface area contributed by atoms with Crippen molar-refractivity contribution < 1.29 is 18.0 Å². The van der Waals surface area contributed by atoms with Crippen LogP contribution in [0.5, 0.6) is 0 Å². The number of carbonyl (C=O) groups excluding carboxylic acids is 2. The fourth-order valence-electron chi connectivity index (χ4n) is 4.99. The summed E-state index contributed by atoms with van der Waals surface area (Å²) in [6.45, 7) is 4.22. The second-order valence-corrected chi connectivity index (χ2v) is 12.5. The van der Waals surface area contributed by atoms with Gasteiger partial charge in [-0.2, -0.15) is 0 Å². The molecule has 0 aromatic heterocycles. The van der Waals surface area contributed by atoms with E-state index in [2.05, 4.69) is 5.32 Å². The van der Waals surface area contributed by atoms with Crippen molar-refractivity contribution in [2.45, 2.75) is 83.8 Å². The molecule has 0 saturated heterocycles. The Bertz CT molecular complexity index is 1180. The molecule has 9 heteroatoms. The fraction of sp³-hybridized carbons (Fsp3) is 0.517. The number of aryl methyl sites for hydroxylation is 1. The Morgan fingerprint density at radius 3 is 2.32 bits per heavy atom. The molecule has 1 N–H and O–H groups in total. The van der Waals surface area contributed by atoms with Gasteiger partial charge in [0.25, 0.3) is 0 Å². The van der Waals surface area contributed by atoms with Crippen molar-refractivity contribution in [3.63, 3.8) is 0 Å². The monoisotopic (exact) mass is 561 g/mol. The normalized spacial score (nSPS) is 15.1. The van der Waals surface area contributed by atoms with E-state index in [1.807, 2.05) is 44.2 Å². The predicted octanol–water partition coefficient (Wildman–Crippen LogP) is 5.45. The number of amides is 2. The number of nitrogens with one attached hydrogen (secondary N) is 1. The average molecular weight is 562 g/mol. The second kappa shape index (κ2) is 14.0. The Morgan fingerprint density at radius 1 is 1.05 bits per heavy atom. The topological polar surface area (TPSA) is 86.8 Å². The minimum absolute atomic E-state index is 0.107. The molecule has 0 spiro atoms. The van der Waals surface area contributed by atoms with E-state index in [0.29, 0.717) is 23.6 Å². The van der Waals surface area contributed by atoms with Gasteiger partial charge in [0.2, 0.25) is 21.8 Å². The summed E-state index contributed by atoms with van der Waals surface area (Å²) in [6.07, 6.45) is 7.36. The van der Waals surface area contributed by atoms with E-state index in [0.717, 1.165) is 36.8 Å². The highest BCUT2D eigenvalue weighted by Crippen LogP contribution is 2.23. The van der Waals surface area contributed by atoms with Crippen LogP contribution in [0.15, 0.2) is 48.5 Å². The molecular formula is C29H40ClN3O4S. The van der Waals surface area contributed by atoms with Gasteiger partial charge < -0.3 is 10.2 Å². The first-order valence-electron chi connectivity index (χ1n) is 13.5. The van der Waals surface area contributed by atoms with Crippen molar-refractivity contribution in [1.29, 1.82) is 0 Å². The summed E-state index contributed by atoms with van der Waals surface area (Å²) in [7, 11) is -3.53. The molecule has 7 nitrogen and oxygen atoms in total. The molecule has 1 atom stereocenters. The number of rotatable bonds is 12. The van der Waals surface area contributed by atoms with E-state index in [1.165, 1.54) is 17.0 Å². The lowest BCUT2D eigenvalue weighted by Gasteiger charge is -2.33. The number of anilines is 1. The lowest BCUT2D eigenvalue weighted by Crippen LogP contribution is -2.51. The summed E-state index contributed by atoms with van der Waals surface area (Å²) in [6, 6.07) is 14.1. The minimum atomic E-state index is -3.53. The number of nitrogens with zero attached hydrogens (tertiary/aromatic N) is 2. The van der Waals surface area contributed by atoms with Crippen molar-refractivity contribution in [2.75, 3.05) is 17.1 Å². The van der Waals surface area contributed by atoms with Crippen LogP contribution in [0.3, 0.4) is 0 Å². The van der Waals surface area contributed by atoms with E-state index in [9.17, 15) is 18.0 Å². The molecule has 0 unspecified atom stereocenters. The van der Waals surface area contributed by atoms with Crippen LogP contribution in [-0.4, -0.2) is 50.0 Å². The maximum Gasteiger partial charge on any atom is 0.243 e. The highest BCUT2D eigenvalue weighted by atomic mass is 35.5. The molecule has 208 valence electrons. The van der Waals surface area contributed by atoms with Gasteiger partial charge in [-0.05, 0) is 56.4 Å². The van der Waals surface area contributed by atoms with E-state index < -0.39 is 16.1 Å². The van der Waals surface area contributed by atoms with Gasteiger partial charge in [0.05, 0.1) is 11.9 Å². The van der Waals surface area contributed by atoms with E-state index >= 15 is 0 Å². The molecule has 1 saturated carbocycles. The van der Waals surface area contributed by atoms with Crippen molar-refractivity contribution in [1.82, 2.24) is 10.2 Å². The lowest BCUT2D eigenvalue weighted by atomic mass is 9.95. The first kappa shape index (κ1) is 30.0. The third-order valence-corrected chi connectivity index (χ3v) is 8.67. The number of hydrogen-bond acceptors (Lipinski definition) is 4. The average Bonchev–Trinajstić information content (AvgIpc) is 2.88. The van der Waals surface area contributed by atoms with Gasteiger partial charge in [-0.15, -0.1) is 0 Å². The quantitative estimate of drug-likeness (QED) is 0.373. The summed E-state index contributed by atoms with van der Waals surface area (Å²) >= 11 is 6.42. The first-order valence-corrected chi connectivity index (χ1v) is 15.7. The van der Waals surface area contributed by atoms with Crippen molar-refractivity contribution in [2.24, 2.45) is 0 Å². The third kappa shape index (κ3) is 8.46. The van der Waals surface area contributed by atoms with E-state index in [4.69, 9.17) is 11.6 Å². The molecule has 2 aromatic rings. The third-order valence-electron chi connectivity index (χ3n) is 7.11. The SMILES string of the molecule is CC[C@H](C(=O)NC1CCCCC1)N(Cc1ccccc1Cl)C(=O)CCCN(c1ccc(C)cc1)S(C)(=O)=O. The molecule has 0 bridgehead atoms. The van der Waals surface area contributed by atoms with Gasteiger partial charge in [0.1, 0.15) is 6.04 Å². The molecule has 1 aliphatic rings. The number of hydrogen-bond donors (Lipinski definition) is 1. The van der Waals surface area contributed by atoms with Crippen LogP contribution in [0.4, 0.5) is 5.69 Å². The highest BCUT2D eigenvalue weighted by Gasteiger charge is 2.30. The van der Waals surface area contributed by atoms with Gasteiger partial charge in [0, 0.05) is 30.6 Å². The van der Waals surface area contributed by atoms with Crippen molar-refractivity contribution in [3.8, 4) is 0 Å². The zero-order valence-corrected chi connectivity index (χ0v) is 24.2. The van der Waals surface area contributed by atoms with Gasteiger partial charge in [-0.3, -0.25) is 13.9 Å². The molecule has 1 fully saturated rings. The number of halogens is 1. The van der Waals surface area contributed by atoms with Gasteiger partial charge in [-0.1, -0.05) is 73.7 Å². The molecule has 0 heterocycles. The zero-order valence-electron chi connectivity index (χ0n) is 22.7. The highest BCUT2D eigenvalue weighted by molar-refractivity contribution is 7.92. The lowest BCUT2D eigenvalue weighted by molar-refractivity contribution is -0.141. The Labute approximate surface area is 232 Å². The van der Waals surface area contributed by atoms with Crippen LogP contribution in [0.2, 0.25) is 5.02 Å². The molecule has 0 radical (unpaired) electrons. The minimum Gasteiger partial charge on any atom is -0.352 e. The number of sulfonamides is 1. The molecule has 1 aliphatic carbocycles. The molecule has 0 aliphatic heterocycles. The predicted molar refractivity (Wildman–Crippen MR) is 154 cm³/mol. The Hall–Kier alpha value is -2.58. The number of benzene rings is 2. The Morgan fingerprint density at radius 2 is 1.71 bits per heavy atom. The van der Waals surface area contributed by atoms with Gasteiger partial charge >= 0.3 is 0 Å². The fourth-order valence-corrected chi connectivity index (χ4v) is 6.15. The first-order chi connectivity index (χ1) is 18.1. The van der Waals surface area contributed by atoms with Crippen LogP contribution >= 0.6 is 11.6 Å². The van der Waals surface area contributed by atoms with Gasteiger partial charge in [-0.25, -0.2) is 8.42 Å². The standard InChI is InChI=1S/C29H40ClN3O4S/c1-4-27(29(35)31-24-12-6-5-7-13-24)32(21-23-11-8-9-14-26(23)30)28(34)15-10-20-33(38(3,36)37)25-18-16-22(2)17-19-25/h8-9,11,14,16-19,24,27H,4-7,10,12-13,15,20-21H2,1-3H3,(H,31,35)/t27-/m1/s1. The van der Waals surface area contributed by atoms with Crippen LogP contribution in [0, 0.1) is 6.92 Å². The van der Waals surface area contributed by atoms with Crippen LogP contribution in [-0.2, 0) is 26.2 Å². The molecular weight excluding hydrogens is 522 g/mol. The van der Waals surface area contributed by atoms with Crippen LogP contribution in [0.25, 0.3) is 0 Å². The number of carbonyl (C=O) groups is 2. The molecule has 38 heavy (non-hydrogen) atoms. The van der Waals surface area contributed by atoms with Crippen LogP contribution < -0.4 is 9.62 Å². The van der Waals surface area contributed by atoms with Crippen molar-refractivity contribution >= 4 is 39.1 Å².